The predicted molar refractivity (Wildman–Crippen MR) is 121 cm³/mol. The van der Waals surface area contributed by atoms with E-state index in [1.165, 1.54) is 0 Å². The van der Waals surface area contributed by atoms with Gasteiger partial charge in [0.25, 0.3) is 5.56 Å². The van der Waals surface area contributed by atoms with Crippen molar-refractivity contribution in [2.24, 2.45) is 5.92 Å². The zero-order valence-electron chi connectivity index (χ0n) is 18.2. The molecule has 0 aliphatic heterocycles. The number of aromatic nitrogens is 3. The molecule has 0 radical (unpaired) electrons. The van der Waals surface area contributed by atoms with Crippen LogP contribution in [-0.4, -0.2) is 25.5 Å². The van der Waals surface area contributed by atoms with Gasteiger partial charge in [0.2, 0.25) is 5.91 Å². The number of aryl methyl sites for hydroxylation is 2. The Morgan fingerprint density at radius 3 is 2.61 bits per heavy atom. The highest BCUT2D eigenvalue weighted by Crippen LogP contribution is 2.31. The van der Waals surface area contributed by atoms with Gasteiger partial charge >= 0.3 is 0 Å². The number of amides is 1. The summed E-state index contributed by atoms with van der Waals surface area (Å²) in [5.41, 5.74) is 3.42. The summed E-state index contributed by atoms with van der Waals surface area (Å²) in [6.07, 6.45) is 6.11. The Bertz CT molecular complexity index is 1200. The summed E-state index contributed by atoms with van der Waals surface area (Å²) in [6, 6.07) is 5.44. The summed E-state index contributed by atoms with van der Waals surface area (Å²) in [5.74, 6) is 0.536. The molecule has 3 aromatic heterocycles. The number of nitrogens with one attached hydrogen (secondary N) is 1. The monoisotopic (exact) mass is 420 g/mol. The number of hydrogen-bond acceptors (Lipinski definition) is 5. The number of pyridine rings is 3. The molecule has 3 aromatic rings. The third-order valence-corrected chi connectivity index (χ3v) is 5.82. The molecule has 0 spiro atoms. The van der Waals surface area contributed by atoms with Crippen LogP contribution in [0, 0.1) is 12.8 Å². The zero-order chi connectivity index (χ0) is 22.1. The van der Waals surface area contributed by atoms with Crippen LogP contribution in [0.3, 0.4) is 0 Å². The van der Waals surface area contributed by atoms with Crippen molar-refractivity contribution >= 4 is 22.6 Å². The lowest BCUT2D eigenvalue weighted by atomic mass is 10.00. The fourth-order valence-electron chi connectivity index (χ4n) is 3.88. The topological polar surface area (TPSA) is 97.1 Å². The van der Waals surface area contributed by atoms with Gasteiger partial charge in [-0.15, -0.1) is 0 Å². The maximum Gasteiger partial charge on any atom is 0.258 e. The number of fused-ring (bicyclic) bond motifs is 1. The quantitative estimate of drug-likeness (QED) is 0.603. The summed E-state index contributed by atoms with van der Waals surface area (Å²) in [6.45, 7) is 6.35. The van der Waals surface area contributed by atoms with Crippen molar-refractivity contribution in [2.45, 2.75) is 59.1 Å². The van der Waals surface area contributed by atoms with E-state index in [9.17, 15) is 14.7 Å². The van der Waals surface area contributed by atoms with Crippen molar-refractivity contribution in [3.63, 3.8) is 0 Å². The molecule has 0 unspecified atom stereocenters. The van der Waals surface area contributed by atoms with Gasteiger partial charge in [0.15, 0.2) is 0 Å². The zero-order valence-corrected chi connectivity index (χ0v) is 18.2. The highest BCUT2D eigenvalue weighted by Gasteiger charge is 2.29. The summed E-state index contributed by atoms with van der Waals surface area (Å²) >= 11 is 0. The molecule has 2 N–H and O–H groups in total. The van der Waals surface area contributed by atoms with Crippen LogP contribution in [0.25, 0.3) is 22.0 Å². The Balaban J connectivity index is 1.76. The molecule has 1 fully saturated rings. The molecule has 7 nitrogen and oxygen atoms in total. The number of carbonyl (C=O) groups is 1. The van der Waals surface area contributed by atoms with Crippen LogP contribution in [0.4, 0.5) is 5.82 Å². The highest BCUT2D eigenvalue weighted by molar-refractivity contribution is 5.95. The Labute approximate surface area is 181 Å². The van der Waals surface area contributed by atoms with E-state index in [1.807, 2.05) is 32.9 Å². The van der Waals surface area contributed by atoms with Gasteiger partial charge in [-0.1, -0.05) is 13.3 Å². The second kappa shape index (κ2) is 8.59. The van der Waals surface area contributed by atoms with Gasteiger partial charge < -0.3 is 15.0 Å². The standard InChI is InChI=1S/C24H28N4O3/c1-4-6-21(29)19-9-14(3)18(13-25-19)17-10-16-12-26-22(27-23(30)15-7-8-15)11-20(16)28(5-2)24(17)31/h9-13,15,21,29H,4-8H2,1-3H3,(H,26,27,30)/t21-/m1/s1. The Kier molecular flexibility index (Phi) is 5.87. The number of hydrogen-bond donors (Lipinski definition) is 2. The maximum atomic E-state index is 13.3. The predicted octanol–water partition coefficient (Wildman–Crippen LogP) is 3.97. The molecule has 0 saturated heterocycles. The molecule has 1 aliphatic carbocycles. The molecule has 31 heavy (non-hydrogen) atoms. The normalized spacial score (nSPS) is 14.6. The number of nitrogens with zero attached hydrogens (tertiary/aromatic N) is 3. The van der Waals surface area contributed by atoms with Crippen molar-refractivity contribution in [1.82, 2.24) is 14.5 Å². The number of carbonyl (C=O) groups excluding carboxylic acids is 1. The molecule has 0 bridgehead atoms. The molecule has 1 atom stereocenters. The average molecular weight is 421 g/mol. The van der Waals surface area contributed by atoms with Gasteiger partial charge in [0.05, 0.1) is 17.3 Å². The molecular formula is C24H28N4O3. The van der Waals surface area contributed by atoms with E-state index >= 15 is 0 Å². The maximum absolute atomic E-state index is 13.3. The van der Waals surface area contributed by atoms with Gasteiger partial charge in [0.1, 0.15) is 5.82 Å². The van der Waals surface area contributed by atoms with Crippen LogP contribution < -0.4 is 10.9 Å². The molecule has 4 rings (SSSR count). The summed E-state index contributed by atoms with van der Waals surface area (Å²) in [7, 11) is 0. The van der Waals surface area contributed by atoms with Crippen LogP contribution in [0.2, 0.25) is 0 Å². The van der Waals surface area contributed by atoms with E-state index in [2.05, 4.69) is 15.3 Å². The van der Waals surface area contributed by atoms with Gasteiger partial charge in [-0.3, -0.25) is 14.6 Å². The summed E-state index contributed by atoms with van der Waals surface area (Å²) < 4.78 is 1.69. The third kappa shape index (κ3) is 4.23. The Morgan fingerprint density at radius 2 is 1.97 bits per heavy atom. The molecule has 162 valence electrons. The molecule has 7 heteroatoms. The minimum absolute atomic E-state index is 0.0130. The second-order valence-electron chi connectivity index (χ2n) is 8.23. The summed E-state index contributed by atoms with van der Waals surface area (Å²) in [5, 5.41) is 13.9. The first kappa shape index (κ1) is 21.2. The second-order valence-corrected chi connectivity index (χ2v) is 8.23. The van der Waals surface area contributed by atoms with Crippen molar-refractivity contribution in [1.29, 1.82) is 0 Å². The van der Waals surface area contributed by atoms with Gasteiger partial charge in [-0.2, -0.15) is 0 Å². The van der Waals surface area contributed by atoms with E-state index in [4.69, 9.17) is 0 Å². The van der Waals surface area contributed by atoms with Crippen LogP contribution in [0.1, 0.15) is 56.9 Å². The smallest absolute Gasteiger partial charge is 0.258 e. The molecule has 1 amide bonds. The first-order valence-corrected chi connectivity index (χ1v) is 10.9. The fraction of sp³-hybridized carbons (Fsp3) is 0.417. The lowest BCUT2D eigenvalue weighted by Crippen LogP contribution is -2.22. The third-order valence-electron chi connectivity index (χ3n) is 5.82. The molecule has 1 saturated carbocycles. The first-order valence-electron chi connectivity index (χ1n) is 10.9. The van der Waals surface area contributed by atoms with Gasteiger partial charge in [-0.05, 0) is 50.8 Å². The molecule has 3 heterocycles. The van der Waals surface area contributed by atoms with E-state index in [0.717, 1.165) is 41.3 Å². The van der Waals surface area contributed by atoms with Crippen molar-refractivity contribution < 1.29 is 9.90 Å². The SMILES string of the molecule is CCC[C@@H](O)c1cc(C)c(-c2cc3cnc(NC(=O)C4CC4)cc3n(CC)c2=O)cn1. The first-order chi connectivity index (χ1) is 14.9. The Hall–Kier alpha value is -3.06. The van der Waals surface area contributed by atoms with E-state index in [1.54, 1.807) is 23.0 Å². The fourth-order valence-corrected chi connectivity index (χ4v) is 3.88. The van der Waals surface area contributed by atoms with Crippen molar-refractivity contribution in [3.8, 4) is 11.1 Å². The van der Waals surface area contributed by atoms with Crippen LogP contribution in [0.5, 0.6) is 0 Å². The number of aliphatic hydroxyl groups excluding tert-OH is 1. The van der Waals surface area contributed by atoms with Crippen LogP contribution in [-0.2, 0) is 11.3 Å². The van der Waals surface area contributed by atoms with Crippen LogP contribution >= 0.6 is 0 Å². The minimum Gasteiger partial charge on any atom is -0.387 e. The number of anilines is 1. The molecular weight excluding hydrogens is 392 g/mol. The number of aliphatic hydroxyl groups is 1. The Morgan fingerprint density at radius 1 is 1.19 bits per heavy atom. The highest BCUT2D eigenvalue weighted by atomic mass is 16.3. The molecule has 0 aromatic carbocycles. The van der Waals surface area contributed by atoms with E-state index < -0.39 is 6.10 Å². The molecule has 1 aliphatic rings. The summed E-state index contributed by atoms with van der Waals surface area (Å²) in [4.78, 5) is 34.2. The lowest BCUT2D eigenvalue weighted by molar-refractivity contribution is -0.117. The lowest BCUT2D eigenvalue weighted by Gasteiger charge is -2.15. The van der Waals surface area contributed by atoms with Crippen molar-refractivity contribution in [3.05, 3.63) is 52.2 Å². The van der Waals surface area contributed by atoms with Crippen LogP contribution in [0.15, 0.2) is 35.4 Å². The van der Waals surface area contributed by atoms with E-state index in [0.29, 0.717) is 30.0 Å². The average Bonchev–Trinajstić information content (AvgIpc) is 3.59. The number of rotatable bonds is 7. The van der Waals surface area contributed by atoms with Crippen molar-refractivity contribution in [2.75, 3.05) is 5.32 Å². The largest absolute Gasteiger partial charge is 0.387 e. The van der Waals surface area contributed by atoms with Gasteiger partial charge in [0, 0.05) is 47.4 Å². The minimum atomic E-state index is -0.602. The van der Waals surface area contributed by atoms with Gasteiger partial charge in [-0.25, -0.2) is 4.98 Å². The van der Waals surface area contributed by atoms with E-state index in [-0.39, 0.29) is 17.4 Å².